The molecular formula is C11H13F4N. The van der Waals surface area contributed by atoms with Crippen molar-refractivity contribution in [3.63, 3.8) is 0 Å². The van der Waals surface area contributed by atoms with Crippen LogP contribution in [0.4, 0.5) is 17.6 Å². The van der Waals surface area contributed by atoms with Gasteiger partial charge in [0.15, 0.2) is 0 Å². The summed E-state index contributed by atoms with van der Waals surface area (Å²) in [5.41, 5.74) is 3.99. The van der Waals surface area contributed by atoms with Gasteiger partial charge in [-0.05, 0) is 17.7 Å². The Bertz CT molecular complexity index is 382. The van der Waals surface area contributed by atoms with E-state index in [0.717, 1.165) is 12.1 Å². The molecule has 0 aromatic heterocycles. The Labute approximate surface area is 91.3 Å². The molecule has 1 rings (SSSR count). The summed E-state index contributed by atoms with van der Waals surface area (Å²) in [4.78, 5) is 0. The van der Waals surface area contributed by atoms with Crippen LogP contribution in [0.1, 0.15) is 25.0 Å². The molecule has 1 aromatic carbocycles. The second kappa shape index (κ2) is 4.05. The molecule has 1 nitrogen and oxygen atoms in total. The summed E-state index contributed by atoms with van der Waals surface area (Å²) in [5.74, 6) is -1.26. The lowest BCUT2D eigenvalue weighted by molar-refractivity contribution is -0.140. The molecular weight excluding hydrogens is 222 g/mol. The van der Waals surface area contributed by atoms with Crippen LogP contribution >= 0.6 is 0 Å². The molecule has 0 aliphatic heterocycles. The van der Waals surface area contributed by atoms with Gasteiger partial charge in [-0.3, -0.25) is 0 Å². The van der Waals surface area contributed by atoms with Crippen LogP contribution in [0, 0.1) is 5.82 Å². The quantitative estimate of drug-likeness (QED) is 0.783. The van der Waals surface area contributed by atoms with Crippen LogP contribution in [0.15, 0.2) is 18.2 Å². The van der Waals surface area contributed by atoms with E-state index in [1.54, 1.807) is 13.8 Å². The zero-order chi connectivity index (χ0) is 12.6. The van der Waals surface area contributed by atoms with Gasteiger partial charge in [-0.2, -0.15) is 13.2 Å². The van der Waals surface area contributed by atoms with Crippen LogP contribution in [-0.2, 0) is 11.6 Å². The van der Waals surface area contributed by atoms with E-state index in [1.807, 2.05) is 0 Å². The Kier molecular flexibility index (Phi) is 3.28. The Morgan fingerprint density at radius 2 is 1.75 bits per heavy atom. The smallest absolute Gasteiger partial charge is 0.330 e. The number of rotatable bonds is 2. The molecule has 0 fully saturated rings. The minimum Gasteiger partial charge on any atom is -0.330 e. The predicted octanol–water partition coefficient (Wildman–Crippen LogP) is 3.08. The van der Waals surface area contributed by atoms with Crippen LogP contribution in [0.3, 0.4) is 0 Å². The van der Waals surface area contributed by atoms with Gasteiger partial charge in [0.25, 0.3) is 0 Å². The third kappa shape index (κ3) is 2.52. The van der Waals surface area contributed by atoms with E-state index in [4.69, 9.17) is 5.73 Å². The molecule has 0 saturated heterocycles. The van der Waals surface area contributed by atoms with E-state index in [0.29, 0.717) is 5.56 Å². The number of hydrogen-bond donors (Lipinski definition) is 1. The maximum Gasteiger partial charge on any atom is 0.419 e. The van der Waals surface area contributed by atoms with Gasteiger partial charge in [0.1, 0.15) is 5.82 Å². The van der Waals surface area contributed by atoms with Gasteiger partial charge in [0, 0.05) is 12.0 Å². The topological polar surface area (TPSA) is 26.0 Å². The average molecular weight is 235 g/mol. The lowest BCUT2D eigenvalue weighted by Gasteiger charge is -2.24. The van der Waals surface area contributed by atoms with Gasteiger partial charge in [-0.25, -0.2) is 4.39 Å². The fourth-order valence-electron chi connectivity index (χ4n) is 1.28. The second-order valence-corrected chi connectivity index (χ2v) is 4.28. The fourth-order valence-corrected chi connectivity index (χ4v) is 1.28. The highest BCUT2D eigenvalue weighted by Gasteiger charge is 2.35. The summed E-state index contributed by atoms with van der Waals surface area (Å²) in [6.45, 7) is 3.61. The number of nitrogens with two attached hydrogens (primary N) is 1. The van der Waals surface area contributed by atoms with Crippen molar-refractivity contribution < 1.29 is 17.6 Å². The van der Waals surface area contributed by atoms with E-state index in [2.05, 4.69) is 0 Å². The predicted molar refractivity (Wildman–Crippen MR) is 53.5 cm³/mol. The zero-order valence-corrected chi connectivity index (χ0v) is 9.03. The van der Waals surface area contributed by atoms with Gasteiger partial charge in [0.2, 0.25) is 0 Å². The summed E-state index contributed by atoms with van der Waals surface area (Å²) in [6.07, 6.45) is -4.68. The Morgan fingerprint density at radius 1 is 1.19 bits per heavy atom. The minimum atomic E-state index is -4.68. The first kappa shape index (κ1) is 13.0. The summed E-state index contributed by atoms with van der Waals surface area (Å²) in [6, 6.07) is 2.98. The monoisotopic (exact) mass is 235 g/mol. The molecule has 0 radical (unpaired) electrons. The van der Waals surface area contributed by atoms with Gasteiger partial charge in [-0.15, -0.1) is 0 Å². The largest absolute Gasteiger partial charge is 0.419 e. The van der Waals surface area contributed by atoms with Crippen molar-refractivity contribution >= 4 is 0 Å². The van der Waals surface area contributed by atoms with E-state index in [-0.39, 0.29) is 6.54 Å². The summed E-state index contributed by atoms with van der Waals surface area (Å²) < 4.78 is 50.4. The van der Waals surface area contributed by atoms with Crippen LogP contribution < -0.4 is 5.73 Å². The van der Waals surface area contributed by atoms with Crippen molar-refractivity contribution in [1.29, 1.82) is 0 Å². The van der Waals surface area contributed by atoms with E-state index >= 15 is 0 Å². The molecule has 0 atom stereocenters. The lowest BCUT2D eigenvalue weighted by Crippen LogP contribution is -2.28. The Morgan fingerprint density at radius 3 is 2.19 bits per heavy atom. The standard InChI is InChI=1S/C11H13F4N/c1-10(2,6-16)7-3-4-9(12)8(5-7)11(13,14)15/h3-5H,6,16H2,1-2H3. The molecule has 0 unspecified atom stereocenters. The maximum absolute atomic E-state index is 13.0. The van der Waals surface area contributed by atoms with Crippen molar-refractivity contribution in [2.45, 2.75) is 25.4 Å². The average Bonchev–Trinajstić information content (AvgIpc) is 2.16. The molecule has 0 amide bonds. The highest BCUT2D eigenvalue weighted by atomic mass is 19.4. The van der Waals surface area contributed by atoms with Gasteiger partial charge in [0.05, 0.1) is 5.56 Å². The van der Waals surface area contributed by atoms with Crippen LogP contribution in [-0.4, -0.2) is 6.54 Å². The Balaban J connectivity index is 3.29. The van der Waals surface area contributed by atoms with E-state index < -0.39 is 23.0 Å². The molecule has 1 aromatic rings. The number of benzene rings is 1. The number of hydrogen-bond acceptors (Lipinski definition) is 1. The first-order valence-corrected chi connectivity index (χ1v) is 4.76. The molecule has 0 aliphatic rings. The van der Waals surface area contributed by atoms with Gasteiger partial charge < -0.3 is 5.73 Å². The first-order chi connectivity index (χ1) is 7.18. The first-order valence-electron chi connectivity index (χ1n) is 4.76. The number of halogens is 4. The summed E-state index contributed by atoms with van der Waals surface area (Å²) >= 11 is 0. The SMILES string of the molecule is CC(C)(CN)c1ccc(F)c(C(F)(F)F)c1. The molecule has 16 heavy (non-hydrogen) atoms. The molecule has 0 heterocycles. The molecule has 0 bridgehead atoms. The van der Waals surface area contributed by atoms with Gasteiger partial charge >= 0.3 is 6.18 Å². The Hall–Kier alpha value is -1.10. The van der Waals surface area contributed by atoms with Crippen molar-refractivity contribution in [3.05, 3.63) is 35.1 Å². The second-order valence-electron chi connectivity index (χ2n) is 4.28. The van der Waals surface area contributed by atoms with Gasteiger partial charge in [-0.1, -0.05) is 19.9 Å². The third-order valence-corrected chi connectivity index (χ3v) is 2.56. The highest BCUT2D eigenvalue weighted by molar-refractivity contribution is 5.32. The molecule has 2 N–H and O–H groups in total. The third-order valence-electron chi connectivity index (χ3n) is 2.56. The molecule has 0 spiro atoms. The molecule has 0 aliphatic carbocycles. The summed E-state index contributed by atoms with van der Waals surface area (Å²) in [5, 5.41) is 0. The normalized spacial score (nSPS) is 12.9. The van der Waals surface area contributed by atoms with Crippen molar-refractivity contribution in [1.82, 2.24) is 0 Å². The maximum atomic E-state index is 13.0. The van der Waals surface area contributed by atoms with Crippen molar-refractivity contribution in [2.75, 3.05) is 6.54 Å². The fraction of sp³-hybridized carbons (Fsp3) is 0.455. The minimum absolute atomic E-state index is 0.190. The highest BCUT2D eigenvalue weighted by Crippen LogP contribution is 2.34. The molecule has 5 heteroatoms. The van der Waals surface area contributed by atoms with Crippen LogP contribution in [0.2, 0.25) is 0 Å². The van der Waals surface area contributed by atoms with E-state index in [9.17, 15) is 17.6 Å². The van der Waals surface area contributed by atoms with Crippen molar-refractivity contribution in [2.24, 2.45) is 5.73 Å². The molecule has 90 valence electrons. The van der Waals surface area contributed by atoms with E-state index in [1.165, 1.54) is 6.07 Å². The zero-order valence-electron chi connectivity index (χ0n) is 9.03. The van der Waals surface area contributed by atoms with Crippen molar-refractivity contribution in [3.8, 4) is 0 Å². The molecule has 0 saturated carbocycles. The van der Waals surface area contributed by atoms with Crippen LogP contribution in [0.5, 0.6) is 0 Å². The van der Waals surface area contributed by atoms with Crippen LogP contribution in [0.25, 0.3) is 0 Å². The summed E-state index contributed by atoms with van der Waals surface area (Å²) in [7, 11) is 0. The number of alkyl halides is 3. The lowest BCUT2D eigenvalue weighted by atomic mass is 9.84.